The van der Waals surface area contributed by atoms with Crippen molar-refractivity contribution in [2.24, 2.45) is 0 Å². The summed E-state index contributed by atoms with van der Waals surface area (Å²) in [4.78, 5) is 15.3. The molecule has 1 N–H and O–H groups in total. The van der Waals surface area contributed by atoms with Crippen LogP contribution in [0, 0.1) is 0 Å². The Bertz CT molecular complexity index is 1070. The molecule has 1 amide bonds. The van der Waals surface area contributed by atoms with Crippen LogP contribution < -0.4 is 19.1 Å². The van der Waals surface area contributed by atoms with Gasteiger partial charge >= 0.3 is 0 Å². The second kappa shape index (κ2) is 11.5. The molecule has 1 aliphatic heterocycles. The van der Waals surface area contributed by atoms with Crippen molar-refractivity contribution in [2.45, 2.75) is 26.1 Å². The quantitative estimate of drug-likeness (QED) is 0.543. The van der Waals surface area contributed by atoms with E-state index >= 15 is 0 Å². The third-order valence-corrected chi connectivity index (χ3v) is 6.94. The molecule has 2 aromatic carbocycles. The van der Waals surface area contributed by atoms with Crippen LogP contribution in [0.4, 0.5) is 5.69 Å². The summed E-state index contributed by atoms with van der Waals surface area (Å²) >= 11 is 0. The van der Waals surface area contributed by atoms with Crippen molar-refractivity contribution < 1.29 is 27.4 Å². The van der Waals surface area contributed by atoms with Crippen LogP contribution >= 0.6 is 0 Å². The summed E-state index contributed by atoms with van der Waals surface area (Å²) in [6.07, 6.45) is 1.06. The predicted molar refractivity (Wildman–Crippen MR) is 131 cm³/mol. The molecule has 9 nitrogen and oxygen atoms in total. The lowest BCUT2D eigenvalue weighted by atomic mass is 10.1. The number of amides is 1. The SMILES string of the molecule is COc1ccc(OC)c(N([C@@H](C)C(=O)NCc2ccc(CN3CCOCC3)cc2)S(C)(=O)=O)c1. The Hall–Kier alpha value is -2.82. The third kappa shape index (κ3) is 6.62. The Balaban J connectivity index is 1.68. The van der Waals surface area contributed by atoms with E-state index in [1.807, 2.05) is 24.3 Å². The van der Waals surface area contributed by atoms with Crippen molar-refractivity contribution in [1.29, 1.82) is 0 Å². The van der Waals surface area contributed by atoms with Gasteiger partial charge in [0.25, 0.3) is 0 Å². The van der Waals surface area contributed by atoms with E-state index in [0.29, 0.717) is 11.5 Å². The van der Waals surface area contributed by atoms with Gasteiger partial charge in [-0.3, -0.25) is 14.0 Å². The molecule has 0 unspecified atom stereocenters. The van der Waals surface area contributed by atoms with Crippen LogP contribution in [-0.4, -0.2) is 72.0 Å². The number of hydrogen-bond acceptors (Lipinski definition) is 7. The molecule has 0 radical (unpaired) electrons. The third-order valence-electron chi connectivity index (χ3n) is 5.71. The second-order valence-corrected chi connectivity index (χ2v) is 10.1. The lowest BCUT2D eigenvalue weighted by molar-refractivity contribution is -0.122. The number of nitrogens with one attached hydrogen (secondary N) is 1. The Labute approximate surface area is 201 Å². The van der Waals surface area contributed by atoms with Crippen molar-refractivity contribution in [1.82, 2.24) is 10.2 Å². The smallest absolute Gasteiger partial charge is 0.243 e. The largest absolute Gasteiger partial charge is 0.497 e. The predicted octanol–water partition coefficient (Wildman–Crippen LogP) is 2.01. The Kier molecular flexibility index (Phi) is 8.76. The zero-order valence-corrected chi connectivity index (χ0v) is 20.9. The normalized spacial score (nSPS) is 15.4. The highest BCUT2D eigenvalue weighted by atomic mass is 32.2. The van der Waals surface area contributed by atoms with Gasteiger partial charge in [-0.25, -0.2) is 8.42 Å². The van der Waals surface area contributed by atoms with Crippen molar-refractivity contribution in [3.05, 3.63) is 53.6 Å². The first-order chi connectivity index (χ1) is 16.2. The molecule has 3 rings (SSSR count). The number of benzene rings is 2. The molecule has 0 aromatic heterocycles. The zero-order chi connectivity index (χ0) is 24.7. The molecular weight excluding hydrogens is 458 g/mol. The topological polar surface area (TPSA) is 97.4 Å². The number of methoxy groups -OCH3 is 2. The zero-order valence-electron chi connectivity index (χ0n) is 20.1. The van der Waals surface area contributed by atoms with Crippen molar-refractivity contribution in [3.63, 3.8) is 0 Å². The molecule has 10 heteroatoms. The van der Waals surface area contributed by atoms with Gasteiger partial charge in [0, 0.05) is 32.2 Å². The standard InChI is InChI=1S/C24H33N3O6S/c1-18(27(34(4,29)30)22-15-21(31-2)9-10-23(22)32-3)24(28)25-16-19-5-7-20(8-6-19)17-26-11-13-33-14-12-26/h5-10,15,18H,11-14,16-17H2,1-4H3,(H,25,28)/t18-/m0/s1. The molecule has 2 aromatic rings. The van der Waals surface area contributed by atoms with Crippen LogP contribution in [0.1, 0.15) is 18.1 Å². The van der Waals surface area contributed by atoms with E-state index in [1.54, 1.807) is 19.1 Å². The first-order valence-electron chi connectivity index (χ1n) is 11.1. The molecule has 1 heterocycles. The van der Waals surface area contributed by atoms with Crippen molar-refractivity contribution >= 4 is 21.6 Å². The summed E-state index contributed by atoms with van der Waals surface area (Å²) in [5.74, 6) is 0.351. The van der Waals surface area contributed by atoms with Crippen molar-refractivity contribution in [2.75, 3.05) is 51.1 Å². The van der Waals surface area contributed by atoms with E-state index in [1.165, 1.54) is 25.8 Å². The van der Waals surface area contributed by atoms with Gasteiger partial charge in [-0.2, -0.15) is 0 Å². The Morgan fingerprint density at radius 1 is 1.09 bits per heavy atom. The van der Waals surface area contributed by atoms with E-state index in [4.69, 9.17) is 14.2 Å². The van der Waals surface area contributed by atoms with Gasteiger partial charge in [0.15, 0.2) is 0 Å². The number of ether oxygens (including phenoxy) is 3. The van der Waals surface area contributed by atoms with Crippen LogP contribution in [-0.2, 0) is 32.6 Å². The van der Waals surface area contributed by atoms with Crippen LogP contribution in [0.3, 0.4) is 0 Å². The fraction of sp³-hybridized carbons (Fsp3) is 0.458. The first-order valence-corrected chi connectivity index (χ1v) is 12.9. The number of rotatable bonds is 10. The molecule has 0 saturated carbocycles. The maximum atomic E-state index is 13.0. The van der Waals surface area contributed by atoms with Crippen LogP contribution in [0.5, 0.6) is 11.5 Å². The minimum atomic E-state index is -3.80. The fourth-order valence-corrected chi connectivity index (χ4v) is 5.04. The van der Waals surface area contributed by atoms with E-state index in [0.717, 1.165) is 49.0 Å². The molecule has 1 saturated heterocycles. The number of nitrogens with zero attached hydrogens (tertiary/aromatic N) is 2. The highest BCUT2D eigenvalue weighted by molar-refractivity contribution is 7.92. The summed E-state index contributed by atoms with van der Waals surface area (Å²) in [5, 5.41) is 2.84. The van der Waals surface area contributed by atoms with E-state index in [2.05, 4.69) is 10.2 Å². The monoisotopic (exact) mass is 491 g/mol. The minimum Gasteiger partial charge on any atom is -0.497 e. The van der Waals surface area contributed by atoms with Gasteiger partial charge in [0.2, 0.25) is 15.9 Å². The highest BCUT2D eigenvalue weighted by Crippen LogP contribution is 2.35. The number of morpholine rings is 1. The molecule has 0 aliphatic carbocycles. The number of carbonyl (C=O) groups is 1. The summed E-state index contributed by atoms with van der Waals surface area (Å²) in [6.45, 7) is 6.05. The summed E-state index contributed by atoms with van der Waals surface area (Å²) in [6, 6.07) is 11.8. The molecule has 0 spiro atoms. The average molecular weight is 492 g/mol. The molecule has 1 atom stereocenters. The highest BCUT2D eigenvalue weighted by Gasteiger charge is 2.31. The lowest BCUT2D eigenvalue weighted by Gasteiger charge is -2.29. The van der Waals surface area contributed by atoms with Gasteiger partial charge in [-0.05, 0) is 30.2 Å². The van der Waals surface area contributed by atoms with Gasteiger partial charge in [0.1, 0.15) is 17.5 Å². The summed E-state index contributed by atoms with van der Waals surface area (Å²) < 4.78 is 42.3. The summed E-state index contributed by atoms with van der Waals surface area (Å²) in [5.41, 5.74) is 2.36. The summed E-state index contributed by atoms with van der Waals surface area (Å²) in [7, 11) is -0.871. The number of hydrogen-bond donors (Lipinski definition) is 1. The Morgan fingerprint density at radius 3 is 2.32 bits per heavy atom. The van der Waals surface area contributed by atoms with E-state index in [-0.39, 0.29) is 12.2 Å². The number of carbonyl (C=O) groups excluding carboxylic acids is 1. The molecule has 1 aliphatic rings. The maximum absolute atomic E-state index is 13.0. The molecular formula is C24H33N3O6S. The molecule has 186 valence electrons. The van der Waals surface area contributed by atoms with Gasteiger partial charge in [0.05, 0.1) is 39.4 Å². The van der Waals surface area contributed by atoms with Gasteiger partial charge in [-0.1, -0.05) is 24.3 Å². The Morgan fingerprint density at radius 2 is 1.74 bits per heavy atom. The van der Waals surface area contributed by atoms with Gasteiger partial charge in [-0.15, -0.1) is 0 Å². The number of sulfonamides is 1. The van der Waals surface area contributed by atoms with Crippen molar-refractivity contribution in [3.8, 4) is 11.5 Å². The molecule has 34 heavy (non-hydrogen) atoms. The van der Waals surface area contributed by atoms with E-state index < -0.39 is 22.0 Å². The minimum absolute atomic E-state index is 0.236. The number of anilines is 1. The van der Waals surface area contributed by atoms with E-state index in [9.17, 15) is 13.2 Å². The second-order valence-electron chi connectivity index (χ2n) is 8.20. The maximum Gasteiger partial charge on any atom is 0.243 e. The van der Waals surface area contributed by atoms with Gasteiger partial charge < -0.3 is 19.5 Å². The van der Waals surface area contributed by atoms with Crippen LogP contribution in [0.15, 0.2) is 42.5 Å². The molecule has 1 fully saturated rings. The molecule has 0 bridgehead atoms. The lowest BCUT2D eigenvalue weighted by Crippen LogP contribution is -2.47. The first kappa shape index (κ1) is 25.8. The fourth-order valence-electron chi connectivity index (χ4n) is 3.87. The van der Waals surface area contributed by atoms with Crippen LogP contribution in [0.25, 0.3) is 0 Å². The van der Waals surface area contributed by atoms with Crippen LogP contribution in [0.2, 0.25) is 0 Å². The average Bonchev–Trinajstić information content (AvgIpc) is 2.83.